The monoisotopic (exact) mass is 584 g/mol. The highest BCUT2D eigenvalue weighted by atomic mass is 32.4. The summed E-state index contributed by atoms with van der Waals surface area (Å²) >= 11 is 6.95. The number of hydrogen-bond acceptors (Lipinski definition) is 2. The van der Waals surface area contributed by atoms with Gasteiger partial charge in [0.15, 0.2) is 0 Å². The first kappa shape index (κ1) is 24.7. The molecule has 4 heteroatoms. The van der Waals surface area contributed by atoms with E-state index in [1.54, 1.807) is 0 Å². The Balaban J connectivity index is 1.39. The molecule has 0 aliphatic rings. The Morgan fingerprint density at radius 1 is 0.442 bits per heavy atom. The van der Waals surface area contributed by atoms with Crippen molar-refractivity contribution >= 4 is 93.7 Å². The van der Waals surface area contributed by atoms with Gasteiger partial charge in [-0.25, -0.2) is 4.98 Å². The number of benzene rings is 7. The lowest BCUT2D eigenvalue weighted by molar-refractivity contribution is 1.32. The average Bonchev–Trinajstić information content (AvgIpc) is 3.47. The number of hydrogen-bond donors (Lipinski definition) is 0. The Morgan fingerprint density at radius 2 is 0.977 bits per heavy atom. The minimum atomic E-state index is -2.45. The molecule has 0 radical (unpaired) electrons. The highest BCUT2D eigenvalue weighted by molar-refractivity contribution is 8.25. The van der Waals surface area contributed by atoms with Crippen LogP contribution in [0.5, 0.6) is 0 Å². The van der Waals surface area contributed by atoms with Gasteiger partial charge in [-0.3, -0.25) is 4.40 Å². The van der Waals surface area contributed by atoms with E-state index in [0.29, 0.717) is 0 Å². The summed E-state index contributed by atoms with van der Waals surface area (Å²) in [5.41, 5.74) is 4.26. The van der Waals surface area contributed by atoms with Crippen molar-refractivity contribution in [3.05, 3.63) is 152 Å². The van der Waals surface area contributed by atoms with Gasteiger partial charge < -0.3 is 0 Å². The molecule has 0 spiro atoms. The molecule has 7 aromatic carbocycles. The minimum absolute atomic E-state index is 0.978. The molecule has 43 heavy (non-hydrogen) atoms. The first-order valence-electron chi connectivity index (χ1n) is 14.5. The zero-order chi connectivity index (χ0) is 28.5. The van der Waals surface area contributed by atoms with Gasteiger partial charge in [-0.15, -0.1) is 0 Å². The first-order valence-corrected chi connectivity index (χ1v) is 17.3. The molecule has 2 nitrogen and oxygen atoms in total. The number of imidazole rings is 1. The summed E-state index contributed by atoms with van der Waals surface area (Å²) < 4.78 is 2.30. The predicted octanol–water partition coefficient (Wildman–Crippen LogP) is 8.86. The highest BCUT2D eigenvalue weighted by Gasteiger charge is 2.27. The van der Waals surface area contributed by atoms with Crippen LogP contribution in [0.1, 0.15) is 0 Å². The van der Waals surface area contributed by atoms with Gasteiger partial charge in [0.05, 0.1) is 16.6 Å². The van der Waals surface area contributed by atoms with E-state index in [-0.39, 0.29) is 0 Å². The van der Waals surface area contributed by atoms with Crippen LogP contribution in [0.4, 0.5) is 0 Å². The molecule has 0 N–H and O–H groups in total. The van der Waals surface area contributed by atoms with E-state index in [2.05, 4.69) is 156 Å². The quantitative estimate of drug-likeness (QED) is 0.152. The molecule has 0 saturated heterocycles. The van der Waals surface area contributed by atoms with Gasteiger partial charge in [0.25, 0.3) is 0 Å². The van der Waals surface area contributed by atoms with Crippen LogP contribution in [-0.4, -0.2) is 9.38 Å². The molecule has 0 bridgehead atoms. The summed E-state index contributed by atoms with van der Waals surface area (Å²) in [5.74, 6) is 0. The van der Waals surface area contributed by atoms with E-state index in [0.717, 1.165) is 27.6 Å². The SMILES string of the molecule is S=P(c1ccc2ccccc2c1)(c1ccc2ccccc2c1)c1ccc2c(c1)c1ccccc1n1c3ccccc3nc21. The molecule has 202 valence electrons. The van der Waals surface area contributed by atoms with Crippen LogP contribution in [0.15, 0.2) is 152 Å². The molecular formula is C39H25N2PS. The van der Waals surface area contributed by atoms with E-state index in [4.69, 9.17) is 16.8 Å². The van der Waals surface area contributed by atoms with E-state index in [9.17, 15) is 0 Å². The number of nitrogens with zero attached hydrogens (tertiary/aromatic N) is 2. The van der Waals surface area contributed by atoms with Gasteiger partial charge in [-0.2, -0.15) is 0 Å². The van der Waals surface area contributed by atoms with E-state index >= 15 is 0 Å². The molecule has 9 rings (SSSR count). The maximum atomic E-state index is 6.95. The molecule has 0 aliphatic heterocycles. The highest BCUT2D eigenvalue weighted by Crippen LogP contribution is 2.45. The molecule has 0 amide bonds. The molecule has 9 aromatic rings. The number of rotatable bonds is 3. The second-order valence-electron chi connectivity index (χ2n) is 11.2. The Bertz CT molecular complexity index is 2530. The third-order valence-electron chi connectivity index (χ3n) is 8.80. The van der Waals surface area contributed by atoms with E-state index < -0.39 is 6.04 Å². The van der Waals surface area contributed by atoms with Crippen LogP contribution in [0, 0.1) is 0 Å². The fourth-order valence-corrected chi connectivity index (χ4v) is 10.4. The minimum Gasteiger partial charge on any atom is -0.292 e. The summed E-state index contributed by atoms with van der Waals surface area (Å²) in [5, 5.41) is 12.0. The maximum absolute atomic E-state index is 6.95. The number of pyridine rings is 1. The normalized spacial score (nSPS) is 12.3. The number of fused-ring (bicyclic) bond motifs is 10. The van der Waals surface area contributed by atoms with Crippen LogP contribution >= 0.6 is 6.04 Å². The van der Waals surface area contributed by atoms with E-state index in [1.165, 1.54) is 48.2 Å². The van der Waals surface area contributed by atoms with Gasteiger partial charge >= 0.3 is 0 Å². The van der Waals surface area contributed by atoms with Crippen molar-refractivity contribution in [2.45, 2.75) is 0 Å². The Labute approximate surface area is 253 Å². The Kier molecular flexibility index (Phi) is 5.38. The van der Waals surface area contributed by atoms with Crippen molar-refractivity contribution in [1.29, 1.82) is 0 Å². The summed E-state index contributed by atoms with van der Waals surface area (Å²) in [6.07, 6.45) is 0. The zero-order valence-corrected chi connectivity index (χ0v) is 24.9. The molecular weight excluding hydrogens is 559 g/mol. The summed E-state index contributed by atoms with van der Waals surface area (Å²) in [7, 11) is 0. The van der Waals surface area contributed by atoms with Crippen LogP contribution < -0.4 is 15.9 Å². The number of aromatic nitrogens is 2. The van der Waals surface area contributed by atoms with Gasteiger partial charge in [0.2, 0.25) is 0 Å². The molecule has 0 fully saturated rings. The lowest BCUT2D eigenvalue weighted by atomic mass is 10.1. The van der Waals surface area contributed by atoms with Crippen LogP contribution in [0.25, 0.3) is 59.9 Å². The van der Waals surface area contributed by atoms with Crippen LogP contribution in [-0.2, 0) is 11.8 Å². The lowest BCUT2D eigenvalue weighted by Gasteiger charge is -2.25. The predicted molar refractivity (Wildman–Crippen MR) is 189 cm³/mol. The Morgan fingerprint density at radius 3 is 1.67 bits per heavy atom. The fourth-order valence-electron chi connectivity index (χ4n) is 6.69. The number of para-hydroxylation sites is 3. The molecule has 2 heterocycles. The maximum Gasteiger partial charge on any atom is 0.146 e. The summed E-state index contributed by atoms with van der Waals surface area (Å²) in [6, 6.07) is 52.2. The van der Waals surface area contributed by atoms with Gasteiger partial charge in [0.1, 0.15) is 5.65 Å². The smallest absolute Gasteiger partial charge is 0.146 e. The molecule has 0 unspecified atom stereocenters. The van der Waals surface area contributed by atoms with Crippen molar-refractivity contribution in [2.24, 2.45) is 0 Å². The third kappa shape index (κ3) is 3.66. The van der Waals surface area contributed by atoms with E-state index in [1.807, 2.05) is 0 Å². The first-order chi connectivity index (χ1) is 21.2. The fraction of sp³-hybridized carbons (Fsp3) is 0. The third-order valence-corrected chi connectivity index (χ3v) is 13.7. The van der Waals surface area contributed by atoms with Gasteiger partial charge in [0, 0.05) is 16.8 Å². The molecule has 0 aliphatic carbocycles. The second-order valence-corrected chi connectivity index (χ2v) is 15.6. The van der Waals surface area contributed by atoms with Crippen molar-refractivity contribution in [3.63, 3.8) is 0 Å². The molecule has 2 aromatic heterocycles. The topological polar surface area (TPSA) is 17.3 Å². The molecule has 0 atom stereocenters. The summed E-state index contributed by atoms with van der Waals surface area (Å²) in [6.45, 7) is 0. The second kappa shape index (κ2) is 9.34. The summed E-state index contributed by atoms with van der Waals surface area (Å²) in [4.78, 5) is 5.12. The van der Waals surface area contributed by atoms with Gasteiger partial charge in [-0.1, -0.05) is 121 Å². The van der Waals surface area contributed by atoms with Crippen LogP contribution in [0.2, 0.25) is 0 Å². The largest absolute Gasteiger partial charge is 0.292 e. The van der Waals surface area contributed by atoms with Crippen molar-refractivity contribution in [3.8, 4) is 0 Å². The standard InChI is InChI=1S/C39H25N2PS/c43-42(30-19-17-26-9-1-3-11-28(26)23-30,31-20-18-27-10-2-4-12-29(27)24-31)32-21-22-34-35(25-32)33-13-5-7-15-37(33)41-38-16-8-6-14-36(38)40-39(34)41/h1-25H. The van der Waals surface area contributed by atoms with Crippen molar-refractivity contribution < 1.29 is 0 Å². The van der Waals surface area contributed by atoms with Crippen LogP contribution in [0.3, 0.4) is 0 Å². The zero-order valence-electron chi connectivity index (χ0n) is 23.2. The van der Waals surface area contributed by atoms with Crippen molar-refractivity contribution in [1.82, 2.24) is 9.38 Å². The van der Waals surface area contributed by atoms with Gasteiger partial charge in [-0.05, 0) is 85.3 Å². The average molecular weight is 585 g/mol. The van der Waals surface area contributed by atoms with Crippen molar-refractivity contribution in [2.75, 3.05) is 0 Å². The Hall–Kier alpha value is -4.82. The lowest BCUT2D eigenvalue weighted by Crippen LogP contribution is -2.25. The molecule has 0 saturated carbocycles.